The van der Waals surface area contributed by atoms with Crippen molar-refractivity contribution in [2.45, 2.75) is 25.4 Å². The van der Waals surface area contributed by atoms with Crippen LogP contribution in [0.4, 0.5) is 0 Å². The smallest absolute Gasteiger partial charge is 0.328 e. The molecule has 40 heavy (non-hydrogen) atoms. The summed E-state index contributed by atoms with van der Waals surface area (Å²) in [5.74, 6) is -1.22. The highest BCUT2D eigenvalue weighted by atomic mass is 16.5. The molecule has 206 valence electrons. The molecule has 0 bridgehead atoms. The van der Waals surface area contributed by atoms with Gasteiger partial charge in [0, 0.05) is 24.3 Å². The van der Waals surface area contributed by atoms with Gasteiger partial charge in [-0.25, -0.2) is 9.59 Å². The molecule has 0 aliphatic rings. The maximum absolute atomic E-state index is 9.55. The second-order valence-electron chi connectivity index (χ2n) is 8.93. The number of aliphatic carboxylic acids is 2. The molecular weight excluding hydrogens is 504 g/mol. The van der Waals surface area contributed by atoms with Crippen LogP contribution in [0, 0.1) is 0 Å². The topological polar surface area (TPSA) is 109 Å². The minimum Gasteiger partial charge on any atom is -0.487 e. The second-order valence-corrected chi connectivity index (χ2v) is 8.93. The molecule has 1 aromatic heterocycles. The minimum absolute atomic E-state index is 0.417. The Kier molecular flexibility index (Phi) is 12.6. The number of aromatic nitrogens is 1. The van der Waals surface area contributed by atoms with E-state index in [1.54, 1.807) is 6.20 Å². The van der Waals surface area contributed by atoms with Crippen molar-refractivity contribution in [1.82, 2.24) is 10.3 Å². The highest BCUT2D eigenvalue weighted by molar-refractivity contribution is 5.89. The van der Waals surface area contributed by atoms with Crippen LogP contribution in [0.3, 0.4) is 0 Å². The summed E-state index contributed by atoms with van der Waals surface area (Å²) >= 11 is 0. The molecule has 0 radical (unpaired) electrons. The zero-order valence-corrected chi connectivity index (χ0v) is 22.2. The molecule has 0 saturated heterocycles. The second kappa shape index (κ2) is 17.0. The molecule has 3 N–H and O–H groups in total. The van der Waals surface area contributed by atoms with E-state index >= 15 is 0 Å². The summed E-state index contributed by atoms with van der Waals surface area (Å²) in [4.78, 5) is 23.4. The number of benzene rings is 3. The van der Waals surface area contributed by atoms with Crippen molar-refractivity contribution in [2.75, 3.05) is 13.1 Å². The summed E-state index contributed by atoms with van der Waals surface area (Å²) in [5.41, 5.74) is 5.00. The molecular formula is C33H34N2O5. The number of ether oxygens (including phenoxy) is 1. The van der Waals surface area contributed by atoms with Crippen LogP contribution >= 0.6 is 0 Å². The van der Waals surface area contributed by atoms with Crippen LogP contribution in [-0.2, 0) is 22.6 Å². The first-order valence-electron chi connectivity index (χ1n) is 13.1. The van der Waals surface area contributed by atoms with E-state index in [4.69, 9.17) is 14.9 Å². The summed E-state index contributed by atoms with van der Waals surface area (Å²) in [7, 11) is 0. The number of carbonyl (C=O) groups is 2. The van der Waals surface area contributed by atoms with Gasteiger partial charge in [0.15, 0.2) is 0 Å². The molecule has 4 rings (SSSR count). The Hall–Kier alpha value is -4.75. The highest BCUT2D eigenvalue weighted by Crippen LogP contribution is 2.27. The van der Waals surface area contributed by atoms with Gasteiger partial charge in [-0.1, -0.05) is 78.9 Å². The summed E-state index contributed by atoms with van der Waals surface area (Å²) < 4.78 is 5.82. The third kappa shape index (κ3) is 11.3. The van der Waals surface area contributed by atoms with E-state index in [1.165, 1.54) is 16.7 Å². The zero-order valence-electron chi connectivity index (χ0n) is 22.2. The van der Waals surface area contributed by atoms with Crippen LogP contribution in [-0.4, -0.2) is 40.2 Å². The number of pyridine rings is 1. The van der Waals surface area contributed by atoms with Gasteiger partial charge in [-0.05, 0) is 66.9 Å². The maximum Gasteiger partial charge on any atom is 0.328 e. The first kappa shape index (κ1) is 29.8. The molecule has 4 aromatic rings. The fourth-order valence-corrected chi connectivity index (χ4v) is 4.04. The number of rotatable bonds is 13. The van der Waals surface area contributed by atoms with Crippen LogP contribution in [0.2, 0.25) is 0 Å². The van der Waals surface area contributed by atoms with Crippen LogP contribution in [0.5, 0.6) is 5.75 Å². The van der Waals surface area contributed by atoms with Gasteiger partial charge in [-0.15, -0.1) is 0 Å². The average molecular weight is 539 g/mol. The molecule has 0 spiro atoms. The van der Waals surface area contributed by atoms with E-state index < -0.39 is 11.9 Å². The van der Waals surface area contributed by atoms with E-state index in [9.17, 15) is 9.59 Å². The number of hydrogen-bond acceptors (Lipinski definition) is 5. The first-order chi connectivity index (χ1) is 19.5. The largest absolute Gasteiger partial charge is 0.487 e. The van der Waals surface area contributed by atoms with Crippen molar-refractivity contribution in [1.29, 1.82) is 0 Å². The van der Waals surface area contributed by atoms with Crippen molar-refractivity contribution in [3.63, 3.8) is 0 Å². The number of carboxylic acid groups (broad SMARTS) is 2. The predicted octanol–water partition coefficient (Wildman–Crippen LogP) is 5.73. The van der Waals surface area contributed by atoms with Gasteiger partial charge in [0.1, 0.15) is 12.4 Å². The monoisotopic (exact) mass is 538 g/mol. The molecule has 0 atom stereocenters. The lowest BCUT2D eigenvalue weighted by Gasteiger charge is -2.18. The predicted molar refractivity (Wildman–Crippen MR) is 155 cm³/mol. The maximum atomic E-state index is 9.55. The number of nitrogens with one attached hydrogen (secondary N) is 1. The fourth-order valence-electron chi connectivity index (χ4n) is 4.04. The first-order valence-corrected chi connectivity index (χ1v) is 13.1. The summed E-state index contributed by atoms with van der Waals surface area (Å²) in [6.07, 6.45) is 4.98. The molecule has 7 heteroatoms. The van der Waals surface area contributed by atoms with Gasteiger partial charge in [0.2, 0.25) is 0 Å². The molecule has 0 saturated carbocycles. The standard InChI is InChI=1S/C29H30N2O.C4H4O4/c1-3-9-25(10-4-1)29(26-11-5-2-6-12-26)19-22-30-21-18-24-14-16-28(17-15-24)32-23-27-13-7-8-20-31-27;5-3(6)1-2-4(7)8/h1-17,20,29-30H,18-19,21-23H2;1-2H,(H,5,6)(H,7,8). The molecule has 7 nitrogen and oxygen atoms in total. The third-order valence-electron chi connectivity index (χ3n) is 6.01. The quantitative estimate of drug-likeness (QED) is 0.147. The molecule has 3 aromatic carbocycles. The summed E-state index contributed by atoms with van der Waals surface area (Å²) in [6.45, 7) is 2.44. The van der Waals surface area contributed by atoms with Crippen LogP contribution < -0.4 is 10.1 Å². The normalized spacial score (nSPS) is 10.6. The number of nitrogens with zero attached hydrogens (tertiary/aromatic N) is 1. The van der Waals surface area contributed by atoms with E-state index in [0.29, 0.717) is 24.7 Å². The van der Waals surface area contributed by atoms with E-state index in [2.05, 4.69) is 83.1 Å². The Morgan fingerprint density at radius 2 is 1.32 bits per heavy atom. The van der Waals surface area contributed by atoms with E-state index in [-0.39, 0.29) is 0 Å². The lowest BCUT2D eigenvalue weighted by atomic mass is 9.88. The lowest BCUT2D eigenvalue weighted by Crippen LogP contribution is -2.20. The Morgan fingerprint density at radius 1 is 0.750 bits per heavy atom. The minimum atomic E-state index is -1.26. The summed E-state index contributed by atoms with van der Waals surface area (Å²) in [6, 6.07) is 35.8. The van der Waals surface area contributed by atoms with Crippen LogP contribution in [0.1, 0.15) is 34.7 Å². The highest BCUT2D eigenvalue weighted by Gasteiger charge is 2.13. The molecule has 0 unspecified atom stereocenters. The molecule has 0 aliphatic carbocycles. The van der Waals surface area contributed by atoms with Gasteiger partial charge < -0.3 is 20.3 Å². The Balaban J connectivity index is 0.000000482. The van der Waals surface area contributed by atoms with E-state index in [1.807, 2.05) is 30.3 Å². The molecule has 1 heterocycles. The Bertz CT molecular complexity index is 1260. The Morgan fingerprint density at radius 3 is 1.85 bits per heavy atom. The van der Waals surface area contributed by atoms with Gasteiger partial charge in [-0.2, -0.15) is 0 Å². The lowest BCUT2D eigenvalue weighted by molar-refractivity contribution is -0.134. The van der Waals surface area contributed by atoms with E-state index in [0.717, 1.165) is 37.4 Å². The number of hydrogen-bond donors (Lipinski definition) is 3. The van der Waals surface area contributed by atoms with Gasteiger partial charge in [0.25, 0.3) is 0 Å². The summed E-state index contributed by atoms with van der Waals surface area (Å²) in [5, 5.41) is 19.3. The van der Waals surface area contributed by atoms with Crippen molar-refractivity contribution < 1.29 is 24.5 Å². The molecule has 0 aliphatic heterocycles. The molecule has 0 amide bonds. The van der Waals surface area contributed by atoms with Gasteiger partial charge >= 0.3 is 11.9 Å². The fraction of sp³-hybridized carbons (Fsp3) is 0.182. The zero-order chi connectivity index (χ0) is 28.4. The van der Waals surface area contributed by atoms with Gasteiger partial charge in [0.05, 0.1) is 5.69 Å². The average Bonchev–Trinajstić information content (AvgIpc) is 2.99. The third-order valence-corrected chi connectivity index (χ3v) is 6.01. The van der Waals surface area contributed by atoms with Crippen molar-refractivity contribution in [3.05, 3.63) is 144 Å². The van der Waals surface area contributed by atoms with Gasteiger partial charge in [-0.3, -0.25) is 4.98 Å². The Labute approximate surface area is 234 Å². The van der Waals surface area contributed by atoms with Crippen LogP contribution in [0.15, 0.2) is 121 Å². The molecule has 0 fully saturated rings. The van der Waals surface area contributed by atoms with Crippen molar-refractivity contribution >= 4 is 11.9 Å². The van der Waals surface area contributed by atoms with Crippen molar-refractivity contribution in [2.24, 2.45) is 0 Å². The number of carboxylic acids is 2. The van der Waals surface area contributed by atoms with Crippen molar-refractivity contribution in [3.8, 4) is 5.75 Å². The SMILES string of the molecule is O=C(O)C=CC(=O)O.c1ccc(C(CCNCCc2ccc(OCc3ccccn3)cc2)c2ccccc2)cc1. The van der Waals surface area contributed by atoms with Crippen LogP contribution in [0.25, 0.3) is 0 Å².